The zero-order valence-electron chi connectivity index (χ0n) is 14.5. The minimum absolute atomic E-state index is 0.145. The zero-order valence-corrected chi connectivity index (χ0v) is 15.2. The molecule has 1 unspecified atom stereocenters. The van der Waals surface area contributed by atoms with Crippen LogP contribution in [0, 0.1) is 0 Å². The summed E-state index contributed by atoms with van der Waals surface area (Å²) < 4.78 is 16.3. The van der Waals surface area contributed by atoms with Gasteiger partial charge in [-0.3, -0.25) is 0 Å². The number of rotatable bonds is 7. The van der Waals surface area contributed by atoms with Crippen molar-refractivity contribution < 1.29 is 14.2 Å². The first-order chi connectivity index (χ1) is 12.0. The monoisotopic (exact) mass is 363 g/mol. The van der Waals surface area contributed by atoms with Crippen LogP contribution >= 0.6 is 11.6 Å². The van der Waals surface area contributed by atoms with Crippen molar-refractivity contribution in [1.29, 1.82) is 0 Å². The fourth-order valence-corrected chi connectivity index (χ4v) is 2.22. The number of halogens is 1. The minimum Gasteiger partial charge on any atom is -0.497 e. The second kappa shape index (κ2) is 9.03. The van der Waals surface area contributed by atoms with E-state index in [2.05, 4.69) is 10.3 Å². The SMILES string of the molecule is COc1ccc(OC)c(NC(N)=NCC(C)Oc2ccc(Cl)cc2)c1. The smallest absolute Gasteiger partial charge is 0.193 e. The van der Waals surface area contributed by atoms with Gasteiger partial charge in [-0.05, 0) is 43.3 Å². The van der Waals surface area contributed by atoms with Crippen LogP contribution in [0.5, 0.6) is 17.2 Å². The average molecular weight is 364 g/mol. The highest BCUT2D eigenvalue weighted by molar-refractivity contribution is 6.30. The van der Waals surface area contributed by atoms with Gasteiger partial charge in [0.05, 0.1) is 26.5 Å². The summed E-state index contributed by atoms with van der Waals surface area (Å²) in [5.41, 5.74) is 6.63. The maximum Gasteiger partial charge on any atom is 0.193 e. The van der Waals surface area contributed by atoms with Crippen LogP contribution in [0.1, 0.15) is 6.92 Å². The molecule has 0 fully saturated rings. The van der Waals surface area contributed by atoms with Gasteiger partial charge in [-0.2, -0.15) is 0 Å². The molecule has 2 rings (SSSR count). The van der Waals surface area contributed by atoms with E-state index in [9.17, 15) is 0 Å². The van der Waals surface area contributed by atoms with Crippen LogP contribution in [0.2, 0.25) is 5.02 Å². The third-order valence-corrected chi connectivity index (χ3v) is 3.59. The first-order valence-corrected chi connectivity index (χ1v) is 8.11. The van der Waals surface area contributed by atoms with E-state index >= 15 is 0 Å². The van der Waals surface area contributed by atoms with Gasteiger partial charge in [0.25, 0.3) is 0 Å². The molecule has 7 heteroatoms. The molecule has 0 heterocycles. The Morgan fingerprint density at radius 1 is 1.12 bits per heavy atom. The number of hydrogen-bond acceptors (Lipinski definition) is 4. The van der Waals surface area contributed by atoms with E-state index in [0.29, 0.717) is 28.8 Å². The number of benzene rings is 2. The number of nitrogens with two attached hydrogens (primary N) is 1. The van der Waals surface area contributed by atoms with Crippen molar-refractivity contribution in [3.05, 3.63) is 47.5 Å². The molecule has 0 aromatic heterocycles. The average Bonchev–Trinajstić information content (AvgIpc) is 2.62. The summed E-state index contributed by atoms with van der Waals surface area (Å²) in [4.78, 5) is 4.30. The van der Waals surface area contributed by atoms with Crippen LogP contribution in [0.4, 0.5) is 5.69 Å². The number of nitrogens with zero attached hydrogens (tertiary/aromatic N) is 1. The molecule has 0 aliphatic rings. The second-order valence-corrected chi connectivity index (χ2v) is 5.74. The van der Waals surface area contributed by atoms with E-state index in [-0.39, 0.29) is 12.1 Å². The van der Waals surface area contributed by atoms with Gasteiger partial charge in [-0.1, -0.05) is 11.6 Å². The summed E-state index contributed by atoms with van der Waals surface area (Å²) in [7, 11) is 3.18. The van der Waals surface area contributed by atoms with Crippen molar-refractivity contribution in [2.24, 2.45) is 10.7 Å². The lowest BCUT2D eigenvalue weighted by molar-refractivity contribution is 0.230. The Kier molecular flexibility index (Phi) is 6.77. The maximum absolute atomic E-state index is 5.95. The molecule has 134 valence electrons. The number of anilines is 1. The summed E-state index contributed by atoms with van der Waals surface area (Å²) in [5, 5.41) is 3.68. The normalized spacial score (nSPS) is 12.4. The summed E-state index contributed by atoms with van der Waals surface area (Å²) >= 11 is 5.85. The minimum atomic E-state index is -0.145. The third kappa shape index (κ3) is 5.76. The lowest BCUT2D eigenvalue weighted by atomic mass is 10.2. The molecule has 0 bridgehead atoms. The molecule has 0 saturated carbocycles. The van der Waals surface area contributed by atoms with Crippen molar-refractivity contribution in [2.75, 3.05) is 26.1 Å². The Morgan fingerprint density at radius 2 is 1.80 bits per heavy atom. The van der Waals surface area contributed by atoms with Crippen LogP contribution in [0.3, 0.4) is 0 Å². The number of aliphatic imine (C=N–C) groups is 1. The molecule has 0 radical (unpaired) electrons. The lowest BCUT2D eigenvalue weighted by Crippen LogP contribution is -2.26. The molecule has 0 aliphatic carbocycles. The molecule has 2 aromatic rings. The third-order valence-electron chi connectivity index (χ3n) is 3.34. The number of nitrogens with one attached hydrogen (secondary N) is 1. The van der Waals surface area contributed by atoms with Gasteiger partial charge in [-0.15, -0.1) is 0 Å². The first kappa shape index (κ1) is 18.7. The van der Waals surface area contributed by atoms with Crippen molar-refractivity contribution in [2.45, 2.75) is 13.0 Å². The molecule has 0 amide bonds. The van der Waals surface area contributed by atoms with Gasteiger partial charge in [0.1, 0.15) is 23.4 Å². The predicted molar refractivity (Wildman–Crippen MR) is 101 cm³/mol. The summed E-state index contributed by atoms with van der Waals surface area (Å²) in [6.07, 6.45) is -0.145. The number of ether oxygens (including phenoxy) is 3. The Hall–Kier alpha value is -2.60. The Morgan fingerprint density at radius 3 is 2.44 bits per heavy atom. The van der Waals surface area contributed by atoms with Crippen LogP contribution < -0.4 is 25.3 Å². The van der Waals surface area contributed by atoms with Crippen LogP contribution in [0.15, 0.2) is 47.5 Å². The van der Waals surface area contributed by atoms with Gasteiger partial charge in [0, 0.05) is 11.1 Å². The van der Waals surface area contributed by atoms with Crippen molar-refractivity contribution in [3.8, 4) is 17.2 Å². The van der Waals surface area contributed by atoms with Crippen LogP contribution in [0.25, 0.3) is 0 Å². The van der Waals surface area contributed by atoms with Gasteiger partial charge in [-0.25, -0.2) is 4.99 Å². The highest BCUT2D eigenvalue weighted by Gasteiger charge is 2.07. The maximum atomic E-state index is 5.95. The molecule has 1 atom stereocenters. The van der Waals surface area contributed by atoms with E-state index in [4.69, 9.17) is 31.5 Å². The lowest BCUT2D eigenvalue weighted by Gasteiger charge is -2.14. The number of methoxy groups -OCH3 is 2. The molecule has 0 aliphatic heterocycles. The number of hydrogen-bond donors (Lipinski definition) is 2. The summed E-state index contributed by atoms with van der Waals surface area (Å²) in [6, 6.07) is 12.6. The standard InChI is InChI=1S/C18H22ClN3O3/c1-12(25-14-6-4-13(19)5-7-14)11-21-18(20)22-16-10-15(23-2)8-9-17(16)24-3/h4-10,12H,11H2,1-3H3,(H3,20,21,22). The van der Waals surface area contributed by atoms with Crippen LogP contribution in [-0.4, -0.2) is 32.8 Å². The van der Waals surface area contributed by atoms with E-state index in [0.717, 1.165) is 5.75 Å². The number of guanidine groups is 1. The first-order valence-electron chi connectivity index (χ1n) is 7.73. The predicted octanol–water partition coefficient (Wildman–Crippen LogP) is 3.55. The van der Waals surface area contributed by atoms with Crippen molar-refractivity contribution >= 4 is 23.2 Å². The molecule has 3 N–H and O–H groups in total. The van der Waals surface area contributed by atoms with Gasteiger partial charge in [0.15, 0.2) is 5.96 Å². The summed E-state index contributed by atoms with van der Waals surface area (Å²) in [5.74, 6) is 2.33. The van der Waals surface area contributed by atoms with Crippen molar-refractivity contribution in [1.82, 2.24) is 0 Å². The second-order valence-electron chi connectivity index (χ2n) is 5.30. The molecule has 0 saturated heterocycles. The van der Waals surface area contributed by atoms with E-state index in [1.54, 1.807) is 44.6 Å². The Labute approximate surface area is 152 Å². The van der Waals surface area contributed by atoms with Gasteiger partial charge in [0.2, 0.25) is 0 Å². The molecule has 6 nitrogen and oxygen atoms in total. The molecule has 0 spiro atoms. The molecular weight excluding hydrogens is 342 g/mol. The molecular formula is C18H22ClN3O3. The molecule has 2 aromatic carbocycles. The van der Waals surface area contributed by atoms with E-state index in [1.165, 1.54) is 0 Å². The summed E-state index contributed by atoms with van der Waals surface area (Å²) in [6.45, 7) is 2.31. The highest BCUT2D eigenvalue weighted by Crippen LogP contribution is 2.28. The van der Waals surface area contributed by atoms with Crippen molar-refractivity contribution in [3.63, 3.8) is 0 Å². The van der Waals surface area contributed by atoms with E-state index in [1.807, 2.05) is 19.1 Å². The zero-order chi connectivity index (χ0) is 18.2. The van der Waals surface area contributed by atoms with Gasteiger partial charge < -0.3 is 25.3 Å². The topological polar surface area (TPSA) is 78.1 Å². The highest BCUT2D eigenvalue weighted by atomic mass is 35.5. The van der Waals surface area contributed by atoms with E-state index < -0.39 is 0 Å². The molecule has 25 heavy (non-hydrogen) atoms. The Balaban J connectivity index is 1.95. The van der Waals surface area contributed by atoms with Crippen LogP contribution in [-0.2, 0) is 0 Å². The largest absolute Gasteiger partial charge is 0.497 e. The van der Waals surface area contributed by atoms with Gasteiger partial charge >= 0.3 is 0 Å². The quantitative estimate of drug-likeness (QED) is 0.581. The fourth-order valence-electron chi connectivity index (χ4n) is 2.10. The Bertz CT molecular complexity index is 720. The fraction of sp³-hybridized carbons (Fsp3) is 0.278.